The highest BCUT2D eigenvalue weighted by Crippen LogP contribution is 2.25. The van der Waals surface area contributed by atoms with Crippen LogP contribution in [0.2, 0.25) is 0 Å². The summed E-state index contributed by atoms with van der Waals surface area (Å²) in [5, 5.41) is 11.2. The maximum absolute atomic E-state index is 12.6. The van der Waals surface area contributed by atoms with Gasteiger partial charge in [-0.25, -0.2) is 0 Å². The molecule has 2 fully saturated rings. The highest BCUT2D eigenvalue weighted by atomic mass is 16.2. The summed E-state index contributed by atoms with van der Waals surface area (Å²) in [6, 6.07) is 1.96. The number of hydrogen-bond donors (Lipinski definition) is 1. The molecule has 0 aromatic rings. The molecule has 2 aliphatic rings. The van der Waals surface area contributed by atoms with Crippen LogP contribution in [0.1, 0.15) is 39.5 Å². The predicted octanol–water partition coefficient (Wildman–Crippen LogP) is 0.512. The highest BCUT2D eigenvalue weighted by molar-refractivity contribution is 5.89. The molecule has 0 spiro atoms. The van der Waals surface area contributed by atoms with Crippen molar-refractivity contribution in [2.75, 3.05) is 26.2 Å². The van der Waals surface area contributed by atoms with E-state index in [2.05, 4.69) is 5.32 Å². The number of nitrogens with zero attached hydrogens (tertiary/aromatic N) is 3. The van der Waals surface area contributed by atoms with Crippen molar-refractivity contribution >= 4 is 17.7 Å². The number of likely N-dealkylation sites (tertiary alicyclic amines) is 2. The van der Waals surface area contributed by atoms with Crippen LogP contribution in [0.15, 0.2) is 0 Å². The van der Waals surface area contributed by atoms with Gasteiger partial charge in [0.1, 0.15) is 6.42 Å². The second-order valence-corrected chi connectivity index (χ2v) is 6.95. The van der Waals surface area contributed by atoms with Crippen molar-refractivity contribution in [1.82, 2.24) is 15.1 Å². The number of carbonyl (C=O) groups excluding carboxylic acids is 3. The first-order valence-corrected chi connectivity index (χ1v) is 8.64. The zero-order valence-corrected chi connectivity index (χ0v) is 14.5. The Hall–Kier alpha value is -2.10. The van der Waals surface area contributed by atoms with Gasteiger partial charge in [-0.1, -0.05) is 0 Å². The number of nitrogens with one attached hydrogen (secondary N) is 1. The lowest BCUT2D eigenvalue weighted by atomic mass is 9.95. The van der Waals surface area contributed by atoms with Gasteiger partial charge in [-0.05, 0) is 32.6 Å². The Morgan fingerprint density at radius 3 is 2.54 bits per heavy atom. The van der Waals surface area contributed by atoms with E-state index in [0.717, 1.165) is 12.8 Å². The summed E-state index contributed by atoms with van der Waals surface area (Å²) < 4.78 is 0. The molecule has 1 N–H and O–H groups in total. The van der Waals surface area contributed by atoms with Gasteiger partial charge >= 0.3 is 0 Å². The summed E-state index contributed by atoms with van der Waals surface area (Å²) in [7, 11) is 0. The van der Waals surface area contributed by atoms with Crippen LogP contribution >= 0.6 is 0 Å². The Bertz CT molecular complexity index is 532. The first-order chi connectivity index (χ1) is 11.4. The first-order valence-electron chi connectivity index (χ1n) is 8.64. The van der Waals surface area contributed by atoms with Crippen molar-refractivity contribution in [3.05, 3.63) is 0 Å². The molecule has 2 aliphatic heterocycles. The van der Waals surface area contributed by atoms with Crippen LogP contribution in [0.5, 0.6) is 0 Å². The van der Waals surface area contributed by atoms with Crippen molar-refractivity contribution in [2.45, 2.75) is 45.6 Å². The third-order valence-electron chi connectivity index (χ3n) is 4.88. The van der Waals surface area contributed by atoms with E-state index in [1.807, 2.05) is 24.8 Å². The molecule has 0 aliphatic carbocycles. The maximum Gasteiger partial charge on any atom is 0.234 e. The standard InChI is InChI=1S/C17H26N4O3/c1-12(2)21-11-14(9-16(21)23)17(24)20-7-4-13(5-8-20)10-19-15(22)3-6-18/h12-14H,3-5,7-11H2,1-2H3,(H,19,22). The fraction of sp³-hybridized carbons (Fsp3) is 0.765. The quantitative estimate of drug-likeness (QED) is 0.793. The molecule has 0 aromatic carbocycles. The average molecular weight is 334 g/mol. The zero-order chi connectivity index (χ0) is 17.7. The summed E-state index contributed by atoms with van der Waals surface area (Å²) in [5.41, 5.74) is 0. The van der Waals surface area contributed by atoms with Gasteiger partial charge in [0.05, 0.1) is 12.0 Å². The van der Waals surface area contributed by atoms with Crippen LogP contribution in [0.4, 0.5) is 0 Å². The van der Waals surface area contributed by atoms with E-state index >= 15 is 0 Å². The Labute approximate surface area is 143 Å². The molecule has 1 atom stereocenters. The van der Waals surface area contributed by atoms with Crippen LogP contribution in [-0.4, -0.2) is 59.7 Å². The molecule has 7 nitrogen and oxygen atoms in total. The van der Waals surface area contributed by atoms with Crippen molar-refractivity contribution in [3.8, 4) is 6.07 Å². The fourth-order valence-electron chi connectivity index (χ4n) is 3.40. The van der Waals surface area contributed by atoms with E-state index in [4.69, 9.17) is 5.26 Å². The predicted molar refractivity (Wildman–Crippen MR) is 87.5 cm³/mol. The molecule has 3 amide bonds. The molecule has 2 heterocycles. The van der Waals surface area contributed by atoms with E-state index in [9.17, 15) is 14.4 Å². The van der Waals surface area contributed by atoms with E-state index < -0.39 is 0 Å². The Kier molecular flexibility index (Phi) is 6.18. The van der Waals surface area contributed by atoms with Crippen LogP contribution in [0.3, 0.4) is 0 Å². The number of rotatable bonds is 5. The molecule has 0 saturated carbocycles. The minimum absolute atomic E-state index is 0.0680. The van der Waals surface area contributed by atoms with Gasteiger partial charge in [0, 0.05) is 38.6 Å². The molecule has 132 valence electrons. The van der Waals surface area contributed by atoms with E-state index in [1.165, 1.54) is 0 Å². The van der Waals surface area contributed by atoms with Gasteiger partial charge in [-0.15, -0.1) is 0 Å². The maximum atomic E-state index is 12.6. The molecule has 2 rings (SSSR count). The third-order valence-corrected chi connectivity index (χ3v) is 4.88. The van der Waals surface area contributed by atoms with Gasteiger partial charge in [-0.2, -0.15) is 5.26 Å². The van der Waals surface area contributed by atoms with Crippen molar-refractivity contribution in [3.63, 3.8) is 0 Å². The Morgan fingerprint density at radius 2 is 2.00 bits per heavy atom. The lowest BCUT2D eigenvalue weighted by molar-refractivity contribution is -0.137. The smallest absolute Gasteiger partial charge is 0.234 e. The fourth-order valence-corrected chi connectivity index (χ4v) is 3.40. The molecule has 0 aromatic heterocycles. The zero-order valence-electron chi connectivity index (χ0n) is 14.5. The lowest BCUT2D eigenvalue weighted by Gasteiger charge is -2.33. The summed E-state index contributed by atoms with van der Waals surface area (Å²) in [4.78, 5) is 39.5. The summed E-state index contributed by atoms with van der Waals surface area (Å²) in [5.74, 6) is 0.0343. The van der Waals surface area contributed by atoms with Crippen LogP contribution in [0, 0.1) is 23.2 Å². The molecule has 1 unspecified atom stereocenters. The molecule has 7 heteroatoms. The number of carbonyl (C=O) groups is 3. The van der Waals surface area contributed by atoms with Crippen molar-refractivity contribution in [2.24, 2.45) is 11.8 Å². The highest BCUT2D eigenvalue weighted by Gasteiger charge is 2.38. The Balaban J connectivity index is 1.76. The normalized spacial score (nSPS) is 21.9. The van der Waals surface area contributed by atoms with Crippen molar-refractivity contribution in [1.29, 1.82) is 5.26 Å². The Morgan fingerprint density at radius 1 is 1.33 bits per heavy atom. The molecule has 0 bridgehead atoms. The van der Waals surface area contributed by atoms with Crippen LogP contribution in [0.25, 0.3) is 0 Å². The monoisotopic (exact) mass is 334 g/mol. The third kappa shape index (κ3) is 4.47. The number of piperidine rings is 1. The van der Waals surface area contributed by atoms with Crippen LogP contribution in [-0.2, 0) is 14.4 Å². The van der Waals surface area contributed by atoms with Crippen LogP contribution < -0.4 is 5.32 Å². The van der Waals surface area contributed by atoms with Gasteiger partial charge < -0.3 is 15.1 Å². The van der Waals surface area contributed by atoms with Gasteiger partial charge in [0.2, 0.25) is 17.7 Å². The van der Waals surface area contributed by atoms with Crippen molar-refractivity contribution < 1.29 is 14.4 Å². The minimum Gasteiger partial charge on any atom is -0.355 e. The number of amides is 3. The van der Waals surface area contributed by atoms with Gasteiger partial charge in [0.25, 0.3) is 0 Å². The van der Waals surface area contributed by atoms with E-state index in [0.29, 0.717) is 38.5 Å². The largest absolute Gasteiger partial charge is 0.355 e. The lowest BCUT2D eigenvalue weighted by Crippen LogP contribution is -2.44. The molecule has 24 heavy (non-hydrogen) atoms. The second kappa shape index (κ2) is 8.13. The minimum atomic E-state index is -0.241. The van der Waals surface area contributed by atoms with Gasteiger partial charge in [0.15, 0.2) is 0 Å². The second-order valence-electron chi connectivity index (χ2n) is 6.95. The molecule has 2 saturated heterocycles. The molecular formula is C17H26N4O3. The first kappa shape index (κ1) is 18.2. The summed E-state index contributed by atoms with van der Waals surface area (Å²) >= 11 is 0. The topological polar surface area (TPSA) is 93.5 Å². The summed E-state index contributed by atoms with van der Waals surface area (Å²) in [6.45, 7) is 6.37. The number of nitriles is 1. The molecule has 0 radical (unpaired) electrons. The van der Waals surface area contributed by atoms with E-state index in [1.54, 1.807) is 4.90 Å². The molecular weight excluding hydrogens is 308 g/mol. The average Bonchev–Trinajstić information content (AvgIpc) is 2.95. The van der Waals surface area contributed by atoms with Gasteiger partial charge in [-0.3, -0.25) is 14.4 Å². The SMILES string of the molecule is CC(C)N1CC(C(=O)N2CCC(CNC(=O)CC#N)CC2)CC1=O. The van der Waals surface area contributed by atoms with E-state index in [-0.39, 0.29) is 36.1 Å². The summed E-state index contributed by atoms with van der Waals surface area (Å²) in [6.07, 6.45) is 1.89. The number of hydrogen-bond acceptors (Lipinski definition) is 4.